The van der Waals surface area contributed by atoms with Crippen LogP contribution < -0.4 is 0 Å². The summed E-state index contributed by atoms with van der Waals surface area (Å²) in [4.78, 5) is 29.4. The number of hydrogen-bond donors (Lipinski definition) is 0. The Balaban J connectivity index is 1.43. The number of rotatable bonds is 2. The molecule has 9 aromatic rings. The summed E-state index contributed by atoms with van der Waals surface area (Å²) in [5.41, 5.74) is 8.44. The van der Waals surface area contributed by atoms with Crippen molar-refractivity contribution in [1.29, 1.82) is 0 Å². The van der Waals surface area contributed by atoms with E-state index in [1.807, 2.05) is 72.8 Å². The van der Waals surface area contributed by atoms with Crippen molar-refractivity contribution in [3.8, 4) is 11.6 Å². The van der Waals surface area contributed by atoms with Gasteiger partial charge in [-0.05, 0) is 60.7 Å². The normalized spacial score (nSPS) is 12.0. The van der Waals surface area contributed by atoms with Crippen molar-refractivity contribution in [1.82, 2.24) is 39.0 Å². The lowest BCUT2D eigenvalue weighted by atomic mass is 10.2. The first-order chi connectivity index (χ1) is 19.8. The quantitative estimate of drug-likeness (QED) is 0.260. The van der Waals surface area contributed by atoms with Crippen LogP contribution >= 0.6 is 0 Å². The first kappa shape index (κ1) is 21.2. The molecule has 7 heterocycles. The Morgan fingerprint density at radius 3 is 1.43 bits per heavy atom. The van der Waals surface area contributed by atoms with Crippen LogP contribution in [0.5, 0.6) is 0 Å². The van der Waals surface area contributed by atoms with Gasteiger partial charge in [0.1, 0.15) is 22.7 Å². The molecule has 0 radical (unpaired) electrons. The van der Waals surface area contributed by atoms with E-state index in [9.17, 15) is 0 Å². The average molecular weight is 515 g/mol. The summed E-state index contributed by atoms with van der Waals surface area (Å²) in [6.07, 6.45) is 3.56. The third kappa shape index (κ3) is 2.90. The van der Waals surface area contributed by atoms with Gasteiger partial charge in [0.2, 0.25) is 0 Å². The minimum atomic E-state index is 0.732. The number of hydrogen-bond acceptors (Lipinski definition) is 6. The van der Waals surface area contributed by atoms with Crippen LogP contribution in [0.3, 0.4) is 0 Å². The second-order valence-corrected chi connectivity index (χ2v) is 9.70. The molecule has 186 valence electrons. The van der Waals surface area contributed by atoms with Gasteiger partial charge in [0.25, 0.3) is 0 Å². The lowest BCUT2D eigenvalue weighted by Crippen LogP contribution is -2.02. The number of para-hydroxylation sites is 2. The molecule has 0 saturated heterocycles. The van der Waals surface area contributed by atoms with Crippen molar-refractivity contribution in [2.45, 2.75) is 0 Å². The highest BCUT2D eigenvalue weighted by Gasteiger charge is 2.21. The summed E-state index contributed by atoms with van der Waals surface area (Å²) in [6, 6.07) is 32.2. The van der Waals surface area contributed by atoms with Crippen LogP contribution in [0.25, 0.3) is 77.8 Å². The van der Waals surface area contributed by atoms with Gasteiger partial charge in [-0.2, -0.15) is 0 Å². The van der Waals surface area contributed by atoms with Gasteiger partial charge in [0, 0.05) is 23.2 Å². The Hall–Kier alpha value is -5.76. The van der Waals surface area contributed by atoms with E-state index in [-0.39, 0.29) is 0 Å². The molecule has 0 aliphatic heterocycles. The standard InChI is InChI=1S/C32H18N8/c1-3-11-25-19(7-1)29-31(39(25)27-15-13-21-23(35-27)9-5-17-33-21)38-32-30(37-29)20-8-2-4-12-26(20)40(32)28-16-14-22-24(36-28)10-6-18-34-22/h1-18H. The fraction of sp³-hybridized carbons (Fsp3) is 0. The van der Waals surface area contributed by atoms with Gasteiger partial charge < -0.3 is 0 Å². The zero-order chi connectivity index (χ0) is 26.2. The second kappa shape index (κ2) is 7.87. The summed E-state index contributed by atoms with van der Waals surface area (Å²) >= 11 is 0. The second-order valence-electron chi connectivity index (χ2n) is 9.70. The van der Waals surface area contributed by atoms with E-state index in [1.165, 1.54) is 0 Å². The Labute approximate surface area is 226 Å². The van der Waals surface area contributed by atoms with E-state index >= 15 is 0 Å². The topological polar surface area (TPSA) is 87.2 Å². The number of nitrogens with zero attached hydrogens (tertiary/aromatic N) is 8. The molecule has 40 heavy (non-hydrogen) atoms. The molecule has 0 bridgehead atoms. The number of benzene rings is 2. The molecule has 0 spiro atoms. The monoisotopic (exact) mass is 514 g/mol. The van der Waals surface area contributed by atoms with Crippen LogP contribution in [-0.4, -0.2) is 39.0 Å². The maximum atomic E-state index is 5.32. The zero-order valence-corrected chi connectivity index (χ0v) is 21.0. The third-order valence-electron chi connectivity index (χ3n) is 7.42. The van der Waals surface area contributed by atoms with Crippen molar-refractivity contribution in [2.24, 2.45) is 0 Å². The van der Waals surface area contributed by atoms with Crippen molar-refractivity contribution in [3.63, 3.8) is 0 Å². The van der Waals surface area contributed by atoms with E-state index in [1.54, 1.807) is 12.4 Å². The first-order valence-corrected chi connectivity index (χ1v) is 13.0. The molecular formula is C32H18N8. The van der Waals surface area contributed by atoms with Gasteiger partial charge in [-0.15, -0.1) is 0 Å². The van der Waals surface area contributed by atoms with Gasteiger partial charge in [-0.1, -0.05) is 36.4 Å². The van der Waals surface area contributed by atoms with E-state index < -0.39 is 0 Å². The molecule has 9 rings (SSSR count). The van der Waals surface area contributed by atoms with Crippen molar-refractivity contribution in [2.75, 3.05) is 0 Å². The van der Waals surface area contributed by atoms with Gasteiger partial charge in [-0.25, -0.2) is 19.9 Å². The number of fused-ring (bicyclic) bond motifs is 8. The minimum Gasteiger partial charge on any atom is -0.276 e. The molecule has 0 saturated carbocycles. The summed E-state index contributed by atoms with van der Waals surface area (Å²) in [7, 11) is 0. The maximum absolute atomic E-state index is 5.32. The fourth-order valence-corrected chi connectivity index (χ4v) is 5.66. The molecule has 0 atom stereocenters. The summed E-state index contributed by atoms with van der Waals surface area (Å²) < 4.78 is 4.17. The highest BCUT2D eigenvalue weighted by molar-refractivity contribution is 6.12. The average Bonchev–Trinajstić information content (AvgIpc) is 3.51. The van der Waals surface area contributed by atoms with Crippen LogP contribution in [0.15, 0.2) is 109 Å². The van der Waals surface area contributed by atoms with Gasteiger partial charge in [0.15, 0.2) is 11.3 Å². The predicted molar refractivity (Wildman–Crippen MR) is 157 cm³/mol. The minimum absolute atomic E-state index is 0.732. The molecular weight excluding hydrogens is 496 g/mol. The summed E-state index contributed by atoms with van der Waals surface area (Å²) in [6.45, 7) is 0. The molecule has 0 aliphatic carbocycles. The zero-order valence-electron chi connectivity index (χ0n) is 21.0. The Bertz CT molecular complexity index is 2290. The summed E-state index contributed by atoms with van der Waals surface area (Å²) in [5.74, 6) is 1.52. The first-order valence-electron chi connectivity index (χ1n) is 13.0. The maximum Gasteiger partial charge on any atom is 0.168 e. The van der Waals surface area contributed by atoms with E-state index in [4.69, 9.17) is 19.9 Å². The molecule has 0 amide bonds. The largest absolute Gasteiger partial charge is 0.276 e. The van der Waals surface area contributed by atoms with Crippen LogP contribution in [-0.2, 0) is 0 Å². The molecule has 2 aromatic carbocycles. The Morgan fingerprint density at radius 2 is 0.900 bits per heavy atom. The van der Waals surface area contributed by atoms with Crippen LogP contribution in [0.4, 0.5) is 0 Å². The predicted octanol–water partition coefficient (Wildman–Crippen LogP) is 6.56. The molecule has 0 aliphatic rings. The smallest absolute Gasteiger partial charge is 0.168 e. The van der Waals surface area contributed by atoms with Gasteiger partial charge >= 0.3 is 0 Å². The lowest BCUT2D eigenvalue weighted by Gasteiger charge is -2.09. The van der Waals surface area contributed by atoms with E-state index in [2.05, 4.69) is 43.4 Å². The molecule has 0 fully saturated rings. The van der Waals surface area contributed by atoms with Crippen molar-refractivity contribution < 1.29 is 0 Å². The lowest BCUT2D eigenvalue weighted by molar-refractivity contribution is 1.04. The fourth-order valence-electron chi connectivity index (χ4n) is 5.66. The van der Waals surface area contributed by atoms with Gasteiger partial charge in [0.05, 0.1) is 33.1 Å². The Kier molecular flexibility index (Phi) is 4.17. The van der Waals surface area contributed by atoms with Crippen LogP contribution in [0.1, 0.15) is 0 Å². The SMILES string of the molecule is c1cnc2ccc(-n3c4ccccc4c4nc5c6ccccc6n(-c6ccc7ncccc7n6)c5nc43)nc2c1. The number of aromatic nitrogens is 8. The van der Waals surface area contributed by atoms with Crippen molar-refractivity contribution in [3.05, 3.63) is 109 Å². The summed E-state index contributed by atoms with van der Waals surface area (Å²) in [5, 5.41) is 2.04. The highest BCUT2D eigenvalue weighted by Crippen LogP contribution is 2.35. The molecule has 7 aromatic heterocycles. The molecule has 0 unspecified atom stereocenters. The number of pyridine rings is 4. The Morgan fingerprint density at radius 1 is 0.400 bits per heavy atom. The van der Waals surface area contributed by atoms with Crippen LogP contribution in [0, 0.1) is 0 Å². The highest BCUT2D eigenvalue weighted by atomic mass is 15.2. The van der Waals surface area contributed by atoms with Crippen molar-refractivity contribution >= 4 is 66.2 Å². The third-order valence-corrected chi connectivity index (χ3v) is 7.42. The molecule has 8 nitrogen and oxygen atoms in total. The van der Waals surface area contributed by atoms with E-state index in [0.29, 0.717) is 0 Å². The molecule has 8 heteroatoms. The van der Waals surface area contributed by atoms with Gasteiger partial charge in [-0.3, -0.25) is 19.1 Å². The van der Waals surface area contributed by atoms with E-state index in [0.717, 1.165) is 77.8 Å². The van der Waals surface area contributed by atoms with Crippen LogP contribution in [0.2, 0.25) is 0 Å². The molecule has 0 N–H and O–H groups in total.